The van der Waals surface area contributed by atoms with Crippen LogP contribution in [-0.2, 0) is 21.0 Å². The van der Waals surface area contributed by atoms with E-state index in [0.29, 0.717) is 16.5 Å². The average Bonchev–Trinajstić information content (AvgIpc) is 2.73. The first-order valence-electron chi connectivity index (χ1n) is 9.35. The highest BCUT2D eigenvalue weighted by atomic mass is 35.5. The molecule has 1 saturated heterocycles. The van der Waals surface area contributed by atoms with Gasteiger partial charge in [-0.15, -0.1) is 0 Å². The van der Waals surface area contributed by atoms with E-state index in [1.165, 1.54) is 19.2 Å². The third kappa shape index (κ3) is 5.13. The monoisotopic (exact) mass is 476 g/mol. The maximum atomic E-state index is 13.2. The van der Waals surface area contributed by atoms with Gasteiger partial charge in [0.05, 0.1) is 22.6 Å². The number of ether oxygens (including phenoxy) is 1. The van der Waals surface area contributed by atoms with Crippen LogP contribution in [0.25, 0.3) is 0 Å². The van der Waals surface area contributed by atoms with E-state index in [0.717, 1.165) is 22.5 Å². The fourth-order valence-corrected chi connectivity index (χ4v) is 5.35. The summed E-state index contributed by atoms with van der Waals surface area (Å²) in [5.74, 6) is -0.337. The molecule has 1 heterocycles. The molecule has 0 radical (unpaired) electrons. The summed E-state index contributed by atoms with van der Waals surface area (Å²) < 4.78 is 71.4. The molecule has 168 valence electrons. The van der Waals surface area contributed by atoms with Crippen molar-refractivity contribution in [2.75, 3.05) is 25.5 Å². The smallest absolute Gasteiger partial charge is 0.417 e. The van der Waals surface area contributed by atoms with Crippen molar-refractivity contribution in [1.82, 2.24) is 4.31 Å². The van der Waals surface area contributed by atoms with Gasteiger partial charge in [-0.25, -0.2) is 8.42 Å². The Morgan fingerprint density at radius 3 is 2.39 bits per heavy atom. The molecular weight excluding hydrogens is 457 g/mol. The zero-order valence-corrected chi connectivity index (χ0v) is 18.0. The second-order valence-corrected chi connectivity index (χ2v) is 9.32. The number of sulfonamides is 1. The van der Waals surface area contributed by atoms with Crippen LogP contribution in [0.15, 0.2) is 47.4 Å². The van der Waals surface area contributed by atoms with Crippen LogP contribution in [0.3, 0.4) is 0 Å². The third-order valence-electron chi connectivity index (χ3n) is 5.05. The summed E-state index contributed by atoms with van der Waals surface area (Å²) in [7, 11) is -2.88. The molecule has 0 atom stereocenters. The average molecular weight is 477 g/mol. The van der Waals surface area contributed by atoms with Crippen LogP contribution < -0.4 is 10.1 Å². The summed E-state index contributed by atoms with van der Waals surface area (Å²) in [4.78, 5) is 11.8. The predicted octanol–water partition coefficient (Wildman–Crippen LogP) is 4.41. The van der Waals surface area contributed by atoms with Gasteiger partial charge >= 0.3 is 6.18 Å². The maximum Gasteiger partial charge on any atom is 0.417 e. The van der Waals surface area contributed by atoms with E-state index in [1.54, 1.807) is 12.1 Å². The lowest BCUT2D eigenvalue weighted by Crippen LogP contribution is -2.41. The summed E-state index contributed by atoms with van der Waals surface area (Å²) in [6.07, 6.45) is -4.42. The lowest BCUT2D eigenvalue weighted by atomic mass is 9.97. The second-order valence-electron chi connectivity index (χ2n) is 7.01. The summed E-state index contributed by atoms with van der Waals surface area (Å²) in [6, 6.07) is 8.84. The molecule has 0 spiro atoms. The Labute approximate surface area is 183 Å². The van der Waals surface area contributed by atoms with Crippen LogP contribution in [0, 0.1) is 5.92 Å². The molecular formula is C20H20ClF3N2O4S. The number of alkyl halides is 3. The Bertz CT molecular complexity index is 1070. The number of methoxy groups -OCH3 is 1. The molecule has 0 aliphatic carbocycles. The molecule has 1 N–H and O–H groups in total. The summed E-state index contributed by atoms with van der Waals surface area (Å²) in [5, 5.41) is 3.05. The Hall–Kier alpha value is -2.30. The molecule has 31 heavy (non-hydrogen) atoms. The minimum Gasteiger partial charge on any atom is -0.495 e. The van der Waals surface area contributed by atoms with Crippen molar-refractivity contribution in [3.63, 3.8) is 0 Å². The van der Waals surface area contributed by atoms with Crippen molar-refractivity contribution in [2.24, 2.45) is 5.92 Å². The van der Waals surface area contributed by atoms with Gasteiger partial charge in [-0.05, 0) is 43.2 Å². The van der Waals surface area contributed by atoms with E-state index in [-0.39, 0.29) is 31.8 Å². The number of nitrogens with one attached hydrogen (secondary N) is 1. The number of carbonyl (C=O) groups excluding carboxylic acids is 1. The molecule has 2 aromatic rings. The van der Waals surface area contributed by atoms with Crippen LogP contribution in [-0.4, -0.2) is 38.8 Å². The molecule has 1 aliphatic rings. The largest absolute Gasteiger partial charge is 0.495 e. The molecule has 0 aromatic heterocycles. The molecule has 0 saturated carbocycles. The van der Waals surface area contributed by atoms with Crippen LogP contribution in [0.4, 0.5) is 18.9 Å². The van der Waals surface area contributed by atoms with E-state index in [1.807, 2.05) is 0 Å². The third-order valence-corrected chi connectivity index (χ3v) is 7.31. The number of anilines is 1. The summed E-state index contributed by atoms with van der Waals surface area (Å²) in [5.41, 5.74) is -0.740. The number of amides is 1. The van der Waals surface area contributed by atoms with Gasteiger partial charge in [0.1, 0.15) is 5.75 Å². The summed E-state index contributed by atoms with van der Waals surface area (Å²) in [6.45, 7) is -0.119. The highest BCUT2D eigenvalue weighted by Gasteiger charge is 2.40. The van der Waals surface area contributed by atoms with Crippen molar-refractivity contribution in [3.8, 4) is 5.75 Å². The molecule has 0 bridgehead atoms. The maximum absolute atomic E-state index is 13.2. The highest BCUT2D eigenvalue weighted by molar-refractivity contribution is 7.89. The highest BCUT2D eigenvalue weighted by Crippen LogP contribution is 2.36. The zero-order valence-electron chi connectivity index (χ0n) is 16.4. The van der Waals surface area contributed by atoms with Gasteiger partial charge in [-0.2, -0.15) is 17.5 Å². The van der Waals surface area contributed by atoms with Crippen molar-refractivity contribution in [3.05, 3.63) is 53.1 Å². The number of hydrogen-bond donors (Lipinski definition) is 1. The molecule has 1 amide bonds. The standard InChI is InChI=1S/C20H20ClF3N2O4S/c1-30-17-7-6-14(12-16(17)21)25-19(27)13-8-10-26(11-9-13)31(28,29)18-5-3-2-4-15(18)20(22,23)24/h2-7,12-13H,8-11H2,1H3,(H,25,27). The number of halogens is 4. The minimum absolute atomic E-state index is 0.0595. The van der Waals surface area contributed by atoms with Gasteiger partial charge in [-0.1, -0.05) is 23.7 Å². The second kappa shape index (κ2) is 9.05. The topological polar surface area (TPSA) is 75.7 Å². The van der Waals surface area contributed by atoms with Gasteiger partial charge in [0.2, 0.25) is 15.9 Å². The number of benzene rings is 2. The van der Waals surface area contributed by atoms with Gasteiger partial charge in [0, 0.05) is 24.7 Å². The molecule has 2 aromatic carbocycles. The van der Waals surface area contributed by atoms with E-state index in [4.69, 9.17) is 16.3 Å². The van der Waals surface area contributed by atoms with E-state index >= 15 is 0 Å². The van der Waals surface area contributed by atoms with Crippen LogP contribution in [0.5, 0.6) is 5.75 Å². The first-order valence-corrected chi connectivity index (χ1v) is 11.2. The van der Waals surface area contributed by atoms with Crippen molar-refractivity contribution >= 4 is 33.2 Å². The van der Waals surface area contributed by atoms with Crippen molar-refractivity contribution in [1.29, 1.82) is 0 Å². The summed E-state index contributed by atoms with van der Waals surface area (Å²) >= 11 is 6.04. The van der Waals surface area contributed by atoms with Gasteiger partial charge < -0.3 is 10.1 Å². The SMILES string of the molecule is COc1ccc(NC(=O)C2CCN(S(=O)(=O)c3ccccc3C(F)(F)F)CC2)cc1Cl. The van der Waals surface area contributed by atoms with E-state index in [2.05, 4.69) is 5.32 Å². The number of hydrogen-bond acceptors (Lipinski definition) is 4. The first kappa shape index (κ1) is 23.4. The molecule has 1 fully saturated rings. The fourth-order valence-electron chi connectivity index (χ4n) is 3.41. The van der Waals surface area contributed by atoms with Crippen LogP contribution in [0.1, 0.15) is 18.4 Å². The fraction of sp³-hybridized carbons (Fsp3) is 0.350. The molecule has 3 rings (SSSR count). The lowest BCUT2D eigenvalue weighted by Gasteiger charge is -2.31. The van der Waals surface area contributed by atoms with Gasteiger partial charge in [0.15, 0.2) is 0 Å². The van der Waals surface area contributed by atoms with Crippen molar-refractivity contribution in [2.45, 2.75) is 23.9 Å². The zero-order chi connectivity index (χ0) is 22.8. The van der Waals surface area contributed by atoms with Crippen LogP contribution in [0.2, 0.25) is 5.02 Å². The van der Waals surface area contributed by atoms with Crippen molar-refractivity contribution < 1.29 is 31.1 Å². The Morgan fingerprint density at radius 1 is 1.16 bits per heavy atom. The van der Waals surface area contributed by atoms with E-state index < -0.39 is 32.6 Å². The Balaban J connectivity index is 1.68. The number of rotatable bonds is 5. The number of carbonyl (C=O) groups is 1. The van der Waals surface area contributed by atoms with Gasteiger partial charge in [-0.3, -0.25) is 4.79 Å². The molecule has 6 nitrogen and oxygen atoms in total. The molecule has 0 unspecified atom stereocenters. The normalized spacial score (nSPS) is 16.2. The Kier molecular flexibility index (Phi) is 6.82. The molecule has 11 heteroatoms. The quantitative estimate of drug-likeness (QED) is 0.693. The first-order chi connectivity index (χ1) is 14.5. The molecule has 1 aliphatic heterocycles. The Morgan fingerprint density at radius 2 is 1.81 bits per heavy atom. The van der Waals surface area contributed by atoms with E-state index in [9.17, 15) is 26.4 Å². The van der Waals surface area contributed by atoms with Crippen LogP contribution >= 0.6 is 11.6 Å². The number of nitrogens with zero attached hydrogens (tertiary/aromatic N) is 1. The van der Waals surface area contributed by atoms with Gasteiger partial charge in [0.25, 0.3) is 0 Å². The predicted molar refractivity (Wildman–Crippen MR) is 110 cm³/mol. The number of piperidine rings is 1. The minimum atomic E-state index is -4.79. The lowest BCUT2D eigenvalue weighted by molar-refractivity contribution is -0.139.